The Morgan fingerprint density at radius 2 is 1.61 bits per heavy atom. The van der Waals surface area contributed by atoms with Crippen molar-refractivity contribution in [1.29, 1.82) is 0 Å². The molecule has 3 heteroatoms. The summed E-state index contributed by atoms with van der Waals surface area (Å²) in [5.74, 6) is 2.90. The molecule has 158 valence electrons. The number of ether oxygens (including phenoxy) is 1. The molecule has 2 aliphatic carbocycles. The lowest BCUT2D eigenvalue weighted by Gasteiger charge is -2.63. The van der Waals surface area contributed by atoms with Gasteiger partial charge in [-0.05, 0) is 61.7 Å². The van der Waals surface area contributed by atoms with Crippen LogP contribution in [0.1, 0.15) is 64.4 Å². The zero-order chi connectivity index (χ0) is 18.7. The van der Waals surface area contributed by atoms with E-state index in [1.54, 1.807) is 0 Å². The number of likely N-dealkylation sites (tertiary alicyclic amines) is 1. The van der Waals surface area contributed by atoms with Crippen molar-refractivity contribution in [3.05, 3.63) is 35.9 Å². The van der Waals surface area contributed by atoms with Gasteiger partial charge in [-0.2, -0.15) is 0 Å². The number of benzene rings is 1. The van der Waals surface area contributed by atoms with Crippen LogP contribution in [-0.4, -0.2) is 37.3 Å². The number of halogens is 1. The lowest BCUT2D eigenvalue weighted by Crippen LogP contribution is -3.00. The van der Waals surface area contributed by atoms with Gasteiger partial charge in [0.1, 0.15) is 13.1 Å². The molecule has 1 aliphatic heterocycles. The Bertz CT molecular complexity index is 582. The molecule has 0 amide bonds. The molecule has 1 aromatic carbocycles. The van der Waals surface area contributed by atoms with Crippen molar-refractivity contribution in [3.63, 3.8) is 0 Å². The Morgan fingerprint density at radius 3 is 2.25 bits per heavy atom. The Labute approximate surface area is 183 Å². The van der Waals surface area contributed by atoms with Gasteiger partial charge in [0, 0.05) is 12.2 Å². The molecule has 0 N–H and O–H groups in total. The van der Waals surface area contributed by atoms with Crippen molar-refractivity contribution >= 4 is 0 Å². The van der Waals surface area contributed by atoms with Crippen LogP contribution in [0.4, 0.5) is 0 Å². The fourth-order valence-electron chi connectivity index (χ4n) is 6.87. The van der Waals surface area contributed by atoms with Crippen molar-refractivity contribution in [2.24, 2.45) is 23.2 Å². The van der Waals surface area contributed by atoms with Crippen LogP contribution in [0.2, 0.25) is 0 Å². The molecule has 2 nitrogen and oxygen atoms in total. The van der Waals surface area contributed by atoms with Gasteiger partial charge in [-0.1, -0.05) is 50.6 Å². The number of quaternary nitrogens is 1. The highest BCUT2D eigenvalue weighted by Crippen LogP contribution is 2.63. The summed E-state index contributed by atoms with van der Waals surface area (Å²) in [7, 11) is 0. The minimum absolute atomic E-state index is 0. The summed E-state index contributed by atoms with van der Waals surface area (Å²) < 4.78 is 7.47. The summed E-state index contributed by atoms with van der Waals surface area (Å²) in [6.07, 6.45) is 9.88. The fraction of sp³-hybridized carbons (Fsp3) is 0.760. The van der Waals surface area contributed by atoms with Gasteiger partial charge in [-0.25, -0.2) is 0 Å². The maximum atomic E-state index is 6.22. The minimum atomic E-state index is 0. The molecule has 0 aromatic heterocycles. The molecule has 2 unspecified atom stereocenters. The smallest absolute Gasteiger partial charge is 0.104 e. The van der Waals surface area contributed by atoms with Gasteiger partial charge in [0.25, 0.3) is 0 Å². The third-order valence-electron chi connectivity index (χ3n) is 8.41. The highest BCUT2D eigenvalue weighted by molar-refractivity contribution is 5.13. The number of fused-ring (bicyclic) bond motifs is 2. The molecular weight excluding hydrogens is 410 g/mol. The van der Waals surface area contributed by atoms with E-state index in [9.17, 15) is 0 Å². The van der Waals surface area contributed by atoms with Gasteiger partial charge in [0.15, 0.2) is 0 Å². The third-order valence-corrected chi connectivity index (χ3v) is 8.41. The van der Waals surface area contributed by atoms with Crippen molar-refractivity contribution in [3.8, 4) is 0 Å². The van der Waals surface area contributed by atoms with Crippen molar-refractivity contribution in [2.75, 3.05) is 32.8 Å². The summed E-state index contributed by atoms with van der Waals surface area (Å²) in [5.41, 5.74) is 2.10. The van der Waals surface area contributed by atoms with Crippen LogP contribution in [0.3, 0.4) is 0 Å². The maximum absolute atomic E-state index is 6.22. The maximum Gasteiger partial charge on any atom is 0.104 e. The number of nitrogens with zero attached hydrogens (tertiary/aromatic N) is 1. The molecule has 28 heavy (non-hydrogen) atoms. The Balaban J connectivity index is 0.00000225. The fourth-order valence-corrected chi connectivity index (χ4v) is 6.87. The Hall–Kier alpha value is -0.380. The predicted molar refractivity (Wildman–Crippen MR) is 112 cm³/mol. The van der Waals surface area contributed by atoms with E-state index in [0.717, 1.165) is 31.0 Å². The average Bonchev–Trinajstić information content (AvgIpc) is 2.69. The van der Waals surface area contributed by atoms with E-state index in [1.807, 2.05) is 0 Å². The van der Waals surface area contributed by atoms with Crippen LogP contribution in [-0.2, 0) is 11.3 Å². The van der Waals surface area contributed by atoms with E-state index in [2.05, 4.69) is 44.2 Å². The highest BCUT2D eigenvalue weighted by Gasteiger charge is 2.56. The zero-order valence-corrected chi connectivity index (χ0v) is 19.6. The number of hydrogen-bond donors (Lipinski definition) is 0. The highest BCUT2D eigenvalue weighted by atomic mass is 79.9. The predicted octanol–water partition coefficient (Wildman–Crippen LogP) is 2.67. The van der Waals surface area contributed by atoms with Gasteiger partial charge in [-0.3, -0.25) is 0 Å². The Kier molecular flexibility index (Phi) is 7.66. The summed E-state index contributed by atoms with van der Waals surface area (Å²) in [5, 5.41) is 0. The molecule has 2 atom stereocenters. The van der Waals surface area contributed by atoms with E-state index < -0.39 is 0 Å². The molecule has 0 radical (unpaired) electrons. The van der Waals surface area contributed by atoms with E-state index >= 15 is 0 Å². The second-order valence-electron chi connectivity index (χ2n) is 10.2. The largest absolute Gasteiger partial charge is 1.00 e. The topological polar surface area (TPSA) is 9.23 Å². The first-order chi connectivity index (χ1) is 13.1. The van der Waals surface area contributed by atoms with Gasteiger partial charge in [0.2, 0.25) is 0 Å². The summed E-state index contributed by atoms with van der Waals surface area (Å²) in [6.45, 7) is 12.0. The van der Waals surface area contributed by atoms with Gasteiger partial charge >= 0.3 is 0 Å². The monoisotopic (exact) mass is 449 g/mol. The van der Waals surface area contributed by atoms with Gasteiger partial charge in [-0.15, -0.1) is 0 Å². The van der Waals surface area contributed by atoms with Crippen LogP contribution in [0.25, 0.3) is 0 Å². The molecule has 1 saturated heterocycles. The van der Waals surface area contributed by atoms with Crippen molar-refractivity contribution in [1.82, 2.24) is 0 Å². The molecule has 2 bridgehead atoms. The average molecular weight is 451 g/mol. The summed E-state index contributed by atoms with van der Waals surface area (Å²) >= 11 is 0. The van der Waals surface area contributed by atoms with Crippen molar-refractivity contribution < 1.29 is 26.2 Å². The normalized spacial score (nSPS) is 30.1. The SMILES string of the molecule is CC1(C)C2CCCC1C2CCOCC[N+]1(Cc2ccccc2)CCCCC1.[Br-]. The standard InChI is InChI=1S/C25H40NO.BrH/c1-25(2)23-12-9-13-24(25)22(23)14-18-27-19-17-26(15-7-4-8-16-26)20-21-10-5-3-6-11-21;/h3,5-6,10-11,22-24H,4,7-9,12-20H2,1-2H3;1H/q+1;/p-1. The minimum Gasteiger partial charge on any atom is -1.00 e. The quantitative estimate of drug-likeness (QED) is 0.437. The van der Waals surface area contributed by atoms with Gasteiger partial charge in [0.05, 0.1) is 19.7 Å². The van der Waals surface area contributed by atoms with Crippen LogP contribution in [0.15, 0.2) is 30.3 Å². The molecule has 3 aliphatic rings. The van der Waals surface area contributed by atoms with E-state index in [4.69, 9.17) is 4.74 Å². The lowest BCUT2D eigenvalue weighted by molar-refractivity contribution is -0.945. The molecule has 4 rings (SSSR count). The second kappa shape index (κ2) is 9.62. The first-order valence-electron chi connectivity index (χ1n) is 11.6. The second-order valence-corrected chi connectivity index (χ2v) is 10.2. The number of hydrogen-bond acceptors (Lipinski definition) is 1. The molecule has 1 aromatic rings. The van der Waals surface area contributed by atoms with Crippen LogP contribution >= 0.6 is 0 Å². The molecular formula is C25H40BrNO. The number of rotatable bonds is 8. The van der Waals surface area contributed by atoms with Gasteiger partial charge < -0.3 is 26.2 Å². The summed E-state index contributed by atoms with van der Waals surface area (Å²) in [6, 6.07) is 11.1. The number of piperidine rings is 1. The molecule has 3 fully saturated rings. The van der Waals surface area contributed by atoms with E-state index in [1.165, 1.54) is 81.2 Å². The third kappa shape index (κ3) is 4.68. The molecule has 1 heterocycles. The van der Waals surface area contributed by atoms with Crippen LogP contribution in [0, 0.1) is 23.2 Å². The van der Waals surface area contributed by atoms with Crippen LogP contribution < -0.4 is 17.0 Å². The first kappa shape index (κ1) is 22.3. The summed E-state index contributed by atoms with van der Waals surface area (Å²) in [4.78, 5) is 0. The van der Waals surface area contributed by atoms with E-state index in [-0.39, 0.29) is 17.0 Å². The molecule has 0 spiro atoms. The first-order valence-corrected chi connectivity index (χ1v) is 11.6. The van der Waals surface area contributed by atoms with Crippen LogP contribution in [0.5, 0.6) is 0 Å². The lowest BCUT2D eigenvalue weighted by atomic mass is 9.42. The van der Waals surface area contributed by atoms with E-state index in [0.29, 0.717) is 5.41 Å². The Morgan fingerprint density at radius 1 is 0.929 bits per heavy atom. The zero-order valence-electron chi connectivity index (χ0n) is 18.0. The van der Waals surface area contributed by atoms with Crippen molar-refractivity contribution in [2.45, 2.75) is 65.3 Å². The molecule has 2 saturated carbocycles.